The van der Waals surface area contributed by atoms with Crippen LogP contribution < -0.4 is 10.6 Å². The Bertz CT molecular complexity index is 1250. The lowest BCUT2D eigenvalue weighted by molar-refractivity contribution is 0.103. The monoisotopic (exact) mass is 487 g/mol. The van der Waals surface area contributed by atoms with Gasteiger partial charge < -0.3 is 10.6 Å². The van der Waals surface area contributed by atoms with Gasteiger partial charge in [-0.05, 0) is 50.1 Å². The van der Waals surface area contributed by atoms with Crippen LogP contribution in [0, 0.1) is 6.92 Å². The van der Waals surface area contributed by atoms with Crippen LogP contribution in [0.1, 0.15) is 53.5 Å². The van der Waals surface area contributed by atoms with Crippen molar-refractivity contribution >= 4 is 43.2 Å². The minimum atomic E-state index is -3.52. The highest BCUT2D eigenvalue weighted by molar-refractivity contribution is 7.89. The van der Waals surface area contributed by atoms with Crippen molar-refractivity contribution in [2.75, 3.05) is 31.5 Å². The van der Waals surface area contributed by atoms with E-state index in [1.165, 1.54) is 34.9 Å². The van der Waals surface area contributed by atoms with Crippen LogP contribution in [0.2, 0.25) is 0 Å². The molecule has 8 nitrogen and oxygen atoms in total. The number of thiophene rings is 1. The predicted molar refractivity (Wildman–Crippen MR) is 130 cm³/mol. The fourth-order valence-corrected chi connectivity index (χ4v) is 7.26. The number of aromatic nitrogens is 2. The van der Waals surface area contributed by atoms with E-state index >= 15 is 0 Å². The molecule has 2 aromatic heterocycles. The fraction of sp³-hybridized carbons (Fsp3) is 0.478. The lowest BCUT2D eigenvalue weighted by Crippen LogP contribution is -2.46. The summed E-state index contributed by atoms with van der Waals surface area (Å²) in [6.07, 6.45) is 6.01. The van der Waals surface area contributed by atoms with Crippen LogP contribution in [-0.2, 0) is 10.0 Å². The van der Waals surface area contributed by atoms with Crippen molar-refractivity contribution in [2.45, 2.75) is 50.0 Å². The van der Waals surface area contributed by atoms with Crippen LogP contribution in [0.15, 0.2) is 35.2 Å². The molecule has 1 saturated carbocycles. The van der Waals surface area contributed by atoms with Crippen LogP contribution in [0.4, 0.5) is 5.69 Å². The van der Waals surface area contributed by atoms with Crippen LogP contribution in [0.5, 0.6) is 0 Å². The zero-order valence-electron chi connectivity index (χ0n) is 18.7. The van der Waals surface area contributed by atoms with Gasteiger partial charge in [0.2, 0.25) is 10.0 Å². The number of amides is 1. The van der Waals surface area contributed by atoms with E-state index in [-0.39, 0.29) is 10.8 Å². The maximum atomic E-state index is 12.9. The number of carbonyl (C=O) groups is 1. The molecule has 1 aliphatic carbocycles. The standard InChI is InChI=1S/C23H29N5O3S2/c1-16-20-15-21(32-23(20)28(26-16)18-5-3-2-4-6-18)22(29)25-17-7-9-19(10-8-17)33(30,31)27-13-11-24-12-14-27/h7-10,15,18,24H,2-6,11-14H2,1H3,(H,25,29). The summed E-state index contributed by atoms with van der Waals surface area (Å²) in [7, 11) is -3.52. The van der Waals surface area contributed by atoms with Crippen LogP contribution in [0.25, 0.3) is 10.2 Å². The van der Waals surface area contributed by atoms with E-state index in [9.17, 15) is 13.2 Å². The fourth-order valence-electron chi connectivity index (χ4n) is 4.69. The highest BCUT2D eigenvalue weighted by Gasteiger charge is 2.26. The lowest BCUT2D eigenvalue weighted by Gasteiger charge is -2.26. The molecule has 10 heteroatoms. The molecule has 0 unspecified atom stereocenters. The van der Waals surface area contributed by atoms with Gasteiger partial charge in [0.25, 0.3) is 5.91 Å². The molecule has 33 heavy (non-hydrogen) atoms. The number of piperazine rings is 1. The average molecular weight is 488 g/mol. The topological polar surface area (TPSA) is 96.3 Å². The molecule has 3 aromatic rings. The second kappa shape index (κ2) is 9.17. The first-order valence-corrected chi connectivity index (χ1v) is 13.8. The number of fused-ring (bicyclic) bond motifs is 1. The van der Waals surface area contributed by atoms with Gasteiger partial charge >= 0.3 is 0 Å². The van der Waals surface area contributed by atoms with Gasteiger partial charge in [0, 0.05) is 37.3 Å². The Morgan fingerprint density at radius 1 is 1.12 bits per heavy atom. The van der Waals surface area contributed by atoms with Crippen molar-refractivity contribution in [2.24, 2.45) is 0 Å². The van der Waals surface area contributed by atoms with E-state index in [0.717, 1.165) is 28.8 Å². The Kier molecular flexibility index (Phi) is 6.26. The Balaban J connectivity index is 1.32. The summed E-state index contributed by atoms with van der Waals surface area (Å²) >= 11 is 1.47. The van der Waals surface area contributed by atoms with E-state index in [0.29, 0.717) is 42.8 Å². The summed E-state index contributed by atoms with van der Waals surface area (Å²) < 4.78 is 29.2. The molecule has 1 aromatic carbocycles. The normalized spacial score (nSPS) is 18.6. The number of hydrogen-bond acceptors (Lipinski definition) is 6. The van der Waals surface area contributed by atoms with E-state index in [2.05, 4.69) is 15.3 Å². The third-order valence-corrected chi connectivity index (χ3v) is 9.57. The van der Waals surface area contributed by atoms with Crippen molar-refractivity contribution in [1.29, 1.82) is 0 Å². The second-order valence-electron chi connectivity index (χ2n) is 8.78. The molecule has 0 atom stereocenters. The molecule has 5 rings (SSSR count). The molecule has 2 aliphatic rings. The number of aryl methyl sites for hydroxylation is 1. The van der Waals surface area contributed by atoms with E-state index < -0.39 is 10.0 Å². The lowest BCUT2D eigenvalue weighted by atomic mass is 9.96. The van der Waals surface area contributed by atoms with Crippen molar-refractivity contribution < 1.29 is 13.2 Å². The first kappa shape index (κ1) is 22.5. The quantitative estimate of drug-likeness (QED) is 0.571. The van der Waals surface area contributed by atoms with Crippen LogP contribution in [-0.4, -0.2) is 54.6 Å². The second-order valence-corrected chi connectivity index (χ2v) is 11.8. The van der Waals surface area contributed by atoms with Gasteiger partial charge in [-0.3, -0.25) is 9.48 Å². The SMILES string of the molecule is Cc1nn(C2CCCCC2)c2sc(C(=O)Nc3ccc(S(=O)(=O)N4CCNCC4)cc3)cc12. The van der Waals surface area contributed by atoms with Crippen molar-refractivity contribution in [3.05, 3.63) is 40.9 Å². The Labute approximate surface area is 198 Å². The van der Waals surface area contributed by atoms with Gasteiger partial charge in [-0.25, -0.2) is 8.42 Å². The molecule has 1 aliphatic heterocycles. The highest BCUT2D eigenvalue weighted by Crippen LogP contribution is 2.35. The molecule has 1 amide bonds. The summed E-state index contributed by atoms with van der Waals surface area (Å²) in [4.78, 5) is 14.9. The molecule has 176 valence electrons. The Morgan fingerprint density at radius 2 is 1.82 bits per heavy atom. The van der Waals surface area contributed by atoms with Crippen LogP contribution >= 0.6 is 11.3 Å². The minimum Gasteiger partial charge on any atom is -0.321 e. The van der Waals surface area contributed by atoms with E-state index in [1.54, 1.807) is 24.3 Å². The Hall–Kier alpha value is -2.27. The molecule has 0 spiro atoms. The van der Waals surface area contributed by atoms with Crippen LogP contribution in [0.3, 0.4) is 0 Å². The number of hydrogen-bond donors (Lipinski definition) is 2. The molecule has 2 N–H and O–H groups in total. The maximum Gasteiger partial charge on any atom is 0.265 e. The number of carbonyl (C=O) groups excluding carboxylic acids is 1. The third-order valence-electron chi connectivity index (χ3n) is 6.54. The van der Waals surface area contributed by atoms with Gasteiger partial charge in [-0.2, -0.15) is 9.40 Å². The number of anilines is 1. The summed E-state index contributed by atoms with van der Waals surface area (Å²) in [6.45, 7) is 4.23. The molecular formula is C23H29N5O3S2. The minimum absolute atomic E-state index is 0.191. The van der Waals surface area contributed by atoms with Gasteiger partial charge in [0.05, 0.1) is 21.5 Å². The average Bonchev–Trinajstić information content (AvgIpc) is 3.41. The zero-order valence-corrected chi connectivity index (χ0v) is 20.3. The first-order chi connectivity index (χ1) is 15.9. The molecule has 0 bridgehead atoms. The van der Waals surface area contributed by atoms with Gasteiger partial charge in [0.1, 0.15) is 4.83 Å². The number of nitrogens with one attached hydrogen (secondary N) is 2. The number of rotatable bonds is 5. The molecule has 3 heterocycles. The largest absolute Gasteiger partial charge is 0.321 e. The molecule has 1 saturated heterocycles. The third kappa shape index (κ3) is 4.44. The molecular weight excluding hydrogens is 458 g/mol. The van der Waals surface area contributed by atoms with Crippen molar-refractivity contribution in [1.82, 2.24) is 19.4 Å². The summed E-state index contributed by atoms with van der Waals surface area (Å²) in [5.41, 5.74) is 1.52. The van der Waals surface area contributed by atoms with Gasteiger partial charge in [-0.15, -0.1) is 11.3 Å². The Morgan fingerprint density at radius 3 is 2.52 bits per heavy atom. The van der Waals surface area contributed by atoms with E-state index in [1.807, 2.05) is 13.0 Å². The van der Waals surface area contributed by atoms with Gasteiger partial charge in [0.15, 0.2) is 0 Å². The van der Waals surface area contributed by atoms with Crippen molar-refractivity contribution in [3.8, 4) is 0 Å². The highest BCUT2D eigenvalue weighted by atomic mass is 32.2. The summed E-state index contributed by atoms with van der Waals surface area (Å²) in [5.74, 6) is -0.191. The van der Waals surface area contributed by atoms with E-state index in [4.69, 9.17) is 5.10 Å². The van der Waals surface area contributed by atoms with Gasteiger partial charge in [-0.1, -0.05) is 19.3 Å². The summed E-state index contributed by atoms with van der Waals surface area (Å²) in [5, 5.41) is 11.9. The number of sulfonamides is 1. The zero-order chi connectivity index (χ0) is 23.0. The maximum absolute atomic E-state index is 12.9. The predicted octanol–water partition coefficient (Wildman–Crippen LogP) is 3.76. The molecule has 0 radical (unpaired) electrons. The smallest absolute Gasteiger partial charge is 0.265 e. The summed E-state index contributed by atoms with van der Waals surface area (Å²) in [6, 6.07) is 8.74. The molecule has 2 fully saturated rings. The van der Waals surface area contributed by atoms with Crippen molar-refractivity contribution in [3.63, 3.8) is 0 Å². The number of nitrogens with zero attached hydrogens (tertiary/aromatic N) is 3. The number of benzene rings is 1. The first-order valence-electron chi connectivity index (χ1n) is 11.5.